The molecule has 4 rings (SSSR count). The van der Waals surface area contributed by atoms with Gasteiger partial charge in [0.15, 0.2) is 0 Å². The van der Waals surface area contributed by atoms with Crippen molar-refractivity contribution >= 4 is 27.2 Å². The molecule has 4 nitrogen and oxygen atoms in total. The van der Waals surface area contributed by atoms with E-state index in [0.717, 1.165) is 25.2 Å². The van der Waals surface area contributed by atoms with Crippen molar-refractivity contribution in [1.82, 2.24) is 14.5 Å². The highest BCUT2D eigenvalue weighted by Crippen LogP contribution is 2.34. The molecule has 1 aliphatic heterocycles. The zero-order valence-corrected chi connectivity index (χ0v) is 13.8. The molecule has 0 saturated carbocycles. The Labute approximate surface area is 134 Å². The Morgan fingerprint density at radius 2 is 2.09 bits per heavy atom. The minimum absolute atomic E-state index is 0.483. The van der Waals surface area contributed by atoms with Crippen LogP contribution in [0.4, 0.5) is 5.69 Å². The zero-order valence-electron chi connectivity index (χ0n) is 12.9. The summed E-state index contributed by atoms with van der Waals surface area (Å²) in [5, 5.41) is 2.12. The van der Waals surface area contributed by atoms with Crippen molar-refractivity contribution in [1.29, 1.82) is 0 Å². The number of rotatable bonds is 4. The lowest BCUT2D eigenvalue weighted by atomic mass is 9.99. The first-order valence-corrected chi connectivity index (χ1v) is 8.68. The van der Waals surface area contributed by atoms with Gasteiger partial charge in [-0.1, -0.05) is 13.8 Å². The number of hydrogen-bond acceptors (Lipinski definition) is 4. The number of aromatic nitrogens is 3. The minimum Gasteiger partial charge on any atom is -0.369 e. The van der Waals surface area contributed by atoms with Crippen LogP contribution in [0.2, 0.25) is 0 Å². The summed E-state index contributed by atoms with van der Waals surface area (Å²) in [5.41, 5.74) is 2.45. The Morgan fingerprint density at radius 3 is 2.91 bits per heavy atom. The lowest BCUT2D eigenvalue weighted by Crippen LogP contribution is -2.48. The van der Waals surface area contributed by atoms with Crippen molar-refractivity contribution in [3.8, 4) is 0 Å². The molecule has 3 aromatic rings. The first-order valence-electron chi connectivity index (χ1n) is 7.80. The minimum atomic E-state index is 0.483. The third kappa shape index (κ3) is 2.29. The lowest BCUT2D eigenvalue weighted by molar-refractivity contribution is 0.351. The predicted molar refractivity (Wildman–Crippen MR) is 91.6 cm³/mol. The van der Waals surface area contributed by atoms with Gasteiger partial charge in [0.1, 0.15) is 5.82 Å². The van der Waals surface area contributed by atoms with Crippen molar-refractivity contribution in [3.05, 3.63) is 41.9 Å². The van der Waals surface area contributed by atoms with Crippen LogP contribution in [0, 0.1) is 5.92 Å². The number of imidazole rings is 1. The maximum Gasteiger partial charge on any atom is 0.111 e. The summed E-state index contributed by atoms with van der Waals surface area (Å²) in [6.45, 7) is 7.72. The van der Waals surface area contributed by atoms with Crippen molar-refractivity contribution in [2.45, 2.75) is 26.3 Å². The molecule has 0 radical (unpaired) electrons. The first kappa shape index (κ1) is 13.8. The molecule has 4 heterocycles. The standard InChI is InChI=1S/C17H20N4S/c1-12(2)17-19-6-7-20(17)9-13-10-21(11-13)15-3-5-18-14-4-8-22-16(14)15/h3-8,12-13H,9-11H2,1-2H3. The monoisotopic (exact) mass is 312 g/mol. The van der Waals surface area contributed by atoms with Crippen LogP contribution in [-0.4, -0.2) is 27.6 Å². The number of pyridine rings is 1. The molecule has 0 bridgehead atoms. The molecular formula is C17H20N4S. The molecule has 0 atom stereocenters. The lowest BCUT2D eigenvalue weighted by Gasteiger charge is -2.41. The maximum atomic E-state index is 4.48. The molecule has 0 aliphatic carbocycles. The molecule has 1 fully saturated rings. The van der Waals surface area contributed by atoms with Gasteiger partial charge in [0.05, 0.1) is 15.9 Å². The summed E-state index contributed by atoms with van der Waals surface area (Å²) >= 11 is 1.79. The van der Waals surface area contributed by atoms with Gasteiger partial charge in [-0.2, -0.15) is 0 Å². The smallest absolute Gasteiger partial charge is 0.111 e. The molecule has 0 unspecified atom stereocenters. The van der Waals surface area contributed by atoms with Crippen molar-refractivity contribution in [3.63, 3.8) is 0 Å². The van der Waals surface area contributed by atoms with E-state index in [0.29, 0.717) is 11.8 Å². The highest BCUT2D eigenvalue weighted by atomic mass is 32.1. The summed E-state index contributed by atoms with van der Waals surface area (Å²) in [5.74, 6) is 2.38. The molecule has 0 spiro atoms. The van der Waals surface area contributed by atoms with Crippen LogP contribution < -0.4 is 4.90 Å². The van der Waals surface area contributed by atoms with Gasteiger partial charge >= 0.3 is 0 Å². The summed E-state index contributed by atoms with van der Waals surface area (Å²) in [7, 11) is 0. The molecular weight excluding hydrogens is 292 g/mol. The van der Waals surface area contributed by atoms with Gasteiger partial charge < -0.3 is 9.47 Å². The molecule has 0 amide bonds. The third-order valence-electron chi connectivity index (χ3n) is 4.34. The quantitative estimate of drug-likeness (QED) is 0.736. The maximum absolute atomic E-state index is 4.48. The fourth-order valence-electron chi connectivity index (χ4n) is 3.24. The Hall–Kier alpha value is -1.88. The van der Waals surface area contributed by atoms with Crippen LogP contribution in [0.15, 0.2) is 36.1 Å². The van der Waals surface area contributed by atoms with Crippen LogP contribution in [0.3, 0.4) is 0 Å². The third-order valence-corrected chi connectivity index (χ3v) is 5.27. The second-order valence-electron chi connectivity index (χ2n) is 6.33. The van der Waals surface area contributed by atoms with Gasteiger partial charge in [-0.05, 0) is 17.5 Å². The summed E-state index contributed by atoms with van der Waals surface area (Å²) in [4.78, 5) is 11.4. The van der Waals surface area contributed by atoms with Crippen LogP contribution in [-0.2, 0) is 6.54 Å². The van der Waals surface area contributed by atoms with E-state index in [-0.39, 0.29) is 0 Å². The van der Waals surface area contributed by atoms with E-state index in [2.05, 4.69) is 57.0 Å². The normalized spacial score (nSPS) is 15.7. The van der Waals surface area contributed by atoms with Crippen LogP contribution >= 0.6 is 11.3 Å². The summed E-state index contributed by atoms with van der Waals surface area (Å²) in [6, 6.07) is 4.24. The zero-order chi connectivity index (χ0) is 15.1. The molecule has 0 aromatic carbocycles. The van der Waals surface area contributed by atoms with Crippen molar-refractivity contribution in [2.75, 3.05) is 18.0 Å². The highest BCUT2D eigenvalue weighted by molar-refractivity contribution is 7.17. The number of hydrogen-bond donors (Lipinski definition) is 0. The number of thiophene rings is 1. The topological polar surface area (TPSA) is 34.0 Å². The van der Waals surface area contributed by atoms with E-state index in [4.69, 9.17) is 0 Å². The van der Waals surface area contributed by atoms with Crippen LogP contribution in [0.1, 0.15) is 25.6 Å². The Kier molecular flexibility index (Phi) is 3.37. The van der Waals surface area contributed by atoms with Gasteiger partial charge in [-0.25, -0.2) is 4.98 Å². The molecule has 0 N–H and O–H groups in total. The van der Waals surface area contributed by atoms with E-state index >= 15 is 0 Å². The fraction of sp³-hybridized carbons (Fsp3) is 0.412. The molecule has 1 aliphatic rings. The predicted octanol–water partition coefficient (Wildman–Crippen LogP) is 3.75. The van der Waals surface area contributed by atoms with Gasteiger partial charge in [-0.3, -0.25) is 4.98 Å². The second kappa shape index (κ2) is 5.39. The molecule has 1 saturated heterocycles. The molecule has 22 heavy (non-hydrogen) atoms. The van der Waals surface area contributed by atoms with Gasteiger partial charge in [0, 0.05) is 50.1 Å². The second-order valence-corrected chi connectivity index (χ2v) is 7.24. The largest absolute Gasteiger partial charge is 0.369 e. The molecule has 5 heteroatoms. The van der Waals surface area contributed by atoms with Gasteiger partial charge in [0.25, 0.3) is 0 Å². The van der Waals surface area contributed by atoms with Crippen molar-refractivity contribution < 1.29 is 0 Å². The van der Waals surface area contributed by atoms with E-state index in [1.807, 2.05) is 12.4 Å². The molecule has 3 aromatic heterocycles. The van der Waals surface area contributed by atoms with Gasteiger partial charge in [-0.15, -0.1) is 11.3 Å². The Morgan fingerprint density at radius 1 is 1.23 bits per heavy atom. The summed E-state index contributed by atoms with van der Waals surface area (Å²) in [6.07, 6.45) is 5.95. The highest BCUT2D eigenvalue weighted by Gasteiger charge is 2.29. The van der Waals surface area contributed by atoms with E-state index < -0.39 is 0 Å². The fourth-order valence-corrected chi connectivity index (χ4v) is 4.14. The average Bonchev–Trinajstić information content (AvgIpc) is 3.10. The van der Waals surface area contributed by atoms with E-state index in [1.165, 1.54) is 16.2 Å². The SMILES string of the molecule is CC(C)c1nccn1CC1CN(c2ccnc3ccsc23)C1. The van der Waals surface area contributed by atoms with Crippen molar-refractivity contribution in [2.24, 2.45) is 5.92 Å². The van der Waals surface area contributed by atoms with Gasteiger partial charge in [0.2, 0.25) is 0 Å². The van der Waals surface area contributed by atoms with Crippen LogP contribution in [0.25, 0.3) is 10.2 Å². The van der Waals surface area contributed by atoms with E-state index in [9.17, 15) is 0 Å². The molecule has 114 valence electrons. The number of anilines is 1. The Bertz CT molecular complexity index is 783. The Balaban J connectivity index is 1.46. The van der Waals surface area contributed by atoms with Crippen LogP contribution in [0.5, 0.6) is 0 Å². The number of nitrogens with zero attached hydrogens (tertiary/aromatic N) is 4. The average molecular weight is 312 g/mol. The summed E-state index contributed by atoms with van der Waals surface area (Å²) < 4.78 is 3.63. The number of fused-ring (bicyclic) bond motifs is 1. The van der Waals surface area contributed by atoms with E-state index in [1.54, 1.807) is 11.3 Å². The first-order chi connectivity index (χ1) is 10.7.